The number of hydroxylamine groups is 1. The first-order chi connectivity index (χ1) is 7.88. The summed E-state index contributed by atoms with van der Waals surface area (Å²) >= 11 is 0. The van der Waals surface area contributed by atoms with E-state index in [4.69, 9.17) is 9.47 Å². The summed E-state index contributed by atoms with van der Waals surface area (Å²) in [5.41, 5.74) is 0.334. The Bertz CT molecular complexity index is 419. The summed E-state index contributed by atoms with van der Waals surface area (Å²) in [6, 6.07) is 5.37. The van der Waals surface area contributed by atoms with Gasteiger partial charge >= 0.3 is 0 Å². The van der Waals surface area contributed by atoms with Crippen molar-refractivity contribution in [2.24, 2.45) is 0 Å². The predicted octanol–water partition coefficient (Wildman–Crippen LogP) is 2.43. The van der Waals surface area contributed by atoms with Gasteiger partial charge in [-0.15, -0.1) is 0 Å². The van der Waals surface area contributed by atoms with Gasteiger partial charge < -0.3 is 14.7 Å². The molecule has 0 N–H and O–H groups in total. The van der Waals surface area contributed by atoms with Gasteiger partial charge in [-0.25, -0.2) is 4.74 Å². The summed E-state index contributed by atoms with van der Waals surface area (Å²) in [5.74, 6) is 1.27. The molecule has 0 saturated carbocycles. The third-order valence-corrected chi connectivity index (χ3v) is 2.34. The van der Waals surface area contributed by atoms with E-state index in [0.717, 1.165) is 10.3 Å². The van der Waals surface area contributed by atoms with Crippen LogP contribution in [0, 0.1) is 5.21 Å². The number of benzene rings is 1. The Morgan fingerprint density at radius 1 is 1.12 bits per heavy atom. The molecule has 0 radical (unpaired) electrons. The summed E-state index contributed by atoms with van der Waals surface area (Å²) < 4.78 is 11.2. The molecule has 0 aliphatic heterocycles. The molecule has 0 fully saturated rings. The lowest BCUT2D eigenvalue weighted by Crippen LogP contribution is -2.29. The van der Waals surface area contributed by atoms with Crippen LogP contribution in [0.25, 0.3) is 0 Å². The minimum atomic E-state index is -0.451. The van der Waals surface area contributed by atoms with Crippen LogP contribution in [-0.4, -0.2) is 30.7 Å². The Labute approximate surface area is 102 Å². The van der Waals surface area contributed by atoms with Crippen molar-refractivity contribution in [3.8, 4) is 11.5 Å². The van der Waals surface area contributed by atoms with E-state index in [9.17, 15) is 5.21 Å². The van der Waals surface area contributed by atoms with Crippen LogP contribution in [0.4, 0.5) is 0 Å². The molecule has 0 aromatic heterocycles. The van der Waals surface area contributed by atoms with E-state index < -0.39 is 5.54 Å². The third-order valence-electron chi connectivity index (χ3n) is 2.34. The SMILES string of the molecule is COc1ccc(C=[N+]([O-])C(C)(C)C)cc1OC. The van der Waals surface area contributed by atoms with Crippen molar-refractivity contribution in [1.29, 1.82) is 0 Å². The summed E-state index contributed by atoms with van der Waals surface area (Å²) in [7, 11) is 3.15. The Morgan fingerprint density at radius 2 is 1.71 bits per heavy atom. The van der Waals surface area contributed by atoms with E-state index >= 15 is 0 Å². The van der Waals surface area contributed by atoms with E-state index in [1.807, 2.05) is 26.8 Å². The van der Waals surface area contributed by atoms with Crippen molar-refractivity contribution < 1.29 is 14.2 Å². The Balaban J connectivity index is 3.09. The molecule has 0 heterocycles. The molecule has 94 valence electrons. The van der Waals surface area contributed by atoms with Crippen molar-refractivity contribution in [2.45, 2.75) is 26.3 Å². The van der Waals surface area contributed by atoms with Crippen LogP contribution in [0.1, 0.15) is 26.3 Å². The number of hydrogen-bond acceptors (Lipinski definition) is 3. The number of nitrogens with zero attached hydrogens (tertiary/aromatic N) is 1. The monoisotopic (exact) mass is 237 g/mol. The van der Waals surface area contributed by atoms with Crippen LogP contribution < -0.4 is 9.47 Å². The fourth-order valence-corrected chi connectivity index (χ4v) is 1.26. The second-order valence-electron chi connectivity index (χ2n) is 4.74. The summed E-state index contributed by atoms with van der Waals surface area (Å²) in [6.45, 7) is 5.58. The lowest BCUT2D eigenvalue weighted by atomic mass is 10.1. The molecule has 1 aromatic carbocycles. The molecule has 0 unspecified atom stereocenters. The highest BCUT2D eigenvalue weighted by molar-refractivity contribution is 5.77. The van der Waals surface area contributed by atoms with Crippen LogP contribution >= 0.6 is 0 Å². The molecule has 4 nitrogen and oxygen atoms in total. The summed E-state index contributed by atoms with van der Waals surface area (Å²) in [6.07, 6.45) is 1.54. The number of ether oxygens (including phenoxy) is 2. The van der Waals surface area contributed by atoms with Crippen LogP contribution in [0.2, 0.25) is 0 Å². The van der Waals surface area contributed by atoms with Gasteiger partial charge in [0, 0.05) is 26.3 Å². The molecule has 1 rings (SSSR count). The average Bonchev–Trinajstić information content (AvgIpc) is 2.27. The highest BCUT2D eigenvalue weighted by Crippen LogP contribution is 2.27. The lowest BCUT2D eigenvalue weighted by molar-refractivity contribution is -0.530. The first-order valence-electron chi connectivity index (χ1n) is 5.42. The van der Waals surface area contributed by atoms with Crippen LogP contribution in [-0.2, 0) is 0 Å². The molecule has 17 heavy (non-hydrogen) atoms. The van der Waals surface area contributed by atoms with Gasteiger partial charge in [0.15, 0.2) is 23.3 Å². The van der Waals surface area contributed by atoms with Crippen molar-refractivity contribution in [2.75, 3.05) is 14.2 Å². The van der Waals surface area contributed by atoms with Crippen molar-refractivity contribution in [3.05, 3.63) is 29.0 Å². The van der Waals surface area contributed by atoms with Gasteiger partial charge in [0.25, 0.3) is 0 Å². The van der Waals surface area contributed by atoms with Crippen LogP contribution in [0.15, 0.2) is 18.2 Å². The fraction of sp³-hybridized carbons (Fsp3) is 0.462. The third kappa shape index (κ3) is 3.37. The highest BCUT2D eigenvalue weighted by atomic mass is 16.5. The smallest absolute Gasteiger partial charge is 0.182 e. The fourth-order valence-electron chi connectivity index (χ4n) is 1.26. The summed E-state index contributed by atoms with van der Waals surface area (Å²) in [5, 5.41) is 11.8. The normalized spacial score (nSPS) is 12.4. The second kappa shape index (κ2) is 5.08. The quantitative estimate of drug-likeness (QED) is 0.351. The maximum absolute atomic E-state index is 11.8. The minimum Gasteiger partial charge on any atom is -0.623 e. The highest BCUT2D eigenvalue weighted by Gasteiger charge is 2.18. The molecule has 0 saturated heterocycles. The van der Waals surface area contributed by atoms with E-state index in [-0.39, 0.29) is 0 Å². The van der Waals surface area contributed by atoms with E-state index in [1.165, 1.54) is 0 Å². The van der Waals surface area contributed by atoms with Crippen molar-refractivity contribution >= 4 is 6.21 Å². The molecule has 0 amide bonds. The number of methoxy groups -OCH3 is 2. The van der Waals surface area contributed by atoms with Crippen LogP contribution in [0.3, 0.4) is 0 Å². The van der Waals surface area contributed by atoms with Gasteiger partial charge in [0.1, 0.15) is 0 Å². The van der Waals surface area contributed by atoms with Gasteiger partial charge in [-0.3, -0.25) is 0 Å². The molecule has 0 aliphatic carbocycles. The number of rotatable bonds is 3. The Morgan fingerprint density at radius 3 is 2.18 bits per heavy atom. The van der Waals surface area contributed by atoms with Gasteiger partial charge in [0.2, 0.25) is 0 Å². The largest absolute Gasteiger partial charge is 0.623 e. The van der Waals surface area contributed by atoms with Crippen molar-refractivity contribution in [1.82, 2.24) is 0 Å². The van der Waals surface area contributed by atoms with Gasteiger partial charge in [-0.05, 0) is 18.2 Å². The number of hydrogen-bond donors (Lipinski definition) is 0. The lowest BCUT2D eigenvalue weighted by Gasteiger charge is -2.18. The zero-order chi connectivity index (χ0) is 13.1. The molecule has 0 atom stereocenters. The zero-order valence-electron chi connectivity index (χ0n) is 11.0. The average molecular weight is 237 g/mol. The Kier molecular flexibility index (Phi) is 3.99. The molecule has 0 spiro atoms. The first kappa shape index (κ1) is 13.4. The van der Waals surface area contributed by atoms with Gasteiger partial charge in [-0.1, -0.05) is 0 Å². The maximum atomic E-state index is 11.8. The van der Waals surface area contributed by atoms with E-state index in [0.29, 0.717) is 11.5 Å². The summed E-state index contributed by atoms with van der Waals surface area (Å²) in [4.78, 5) is 0. The second-order valence-corrected chi connectivity index (χ2v) is 4.74. The standard InChI is InChI=1S/C13H19NO3/c1-13(2,3)14(15)9-10-6-7-11(16-4)12(8-10)17-5/h6-9H,1-5H3. The van der Waals surface area contributed by atoms with Crippen molar-refractivity contribution in [3.63, 3.8) is 0 Å². The molecule has 0 bridgehead atoms. The topological polar surface area (TPSA) is 44.5 Å². The maximum Gasteiger partial charge on any atom is 0.182 e. The molecule has 1 aromatic rings. The van der Waals surface area contributed by atoms with E-state index in [2.05, 4.69) is 0 Å². The van der Waals surface area contributed by atoms with E-state index in [1.54, 1.807) is 32.6 Å². The van der Waals surface area contributed by atoms with Gasteiger partial charge in [0.05, 0.1) is 14.2 Å². The van der Waals surface area contributed by atoms with Crippen LogP contribution in [0.5, 0.6) is 11.5 Å². The molecular formula is C13H19NO3. The minimum absolute atomic E-state index is 0.451. The molecule has 0 aliphatic rings. The molecule has 4 heteroatoms. The van der Waals surface area contributed by atoms with Gasteiger partial charge in [-0.2, -0.15) is 0 Å². The Hall–Kier alpha value is -1.71. The zero-order valence-corrected chi connectivity index (χ0v) is 11.0. The first-order valence-corrected chi connectivity index (χ1v) is 5.42. The predicted molar refractivity (Wildman–Crippen MR) is 68.1 cm³/mol. The molecular weight excluding hydrogens is 218 g/mol.